The van der Waals surface area contributed by atoms with Crippen LogP contribution in [-0.2, 0) is 4.79 Å². The minimum absolute atomic E-state index is 0.352. The Hall–Kier alpha value is -1.56. The van der Waals surface area contributed by atoms with E-state index in [0.717, 1.165) is 22.9 Å². The summed E-state index contributed by atoms with van der Waals surface area (Å²) in [6.45, 7) is 2.41. The third kappa shape index (κ3) is 3.50. The van der Waals surface area contributed by atoms with E-state index in [1.54, 1.807) is 6.07 Å². The van der Waals surface area contributed by atoms with Gasteiger partial charge in [-0.15, -0.1) is 0 Å². The van der Waals surface area contributed by atoms with Gasteiger partial charge in [0.15, 0.2) is 0 Å². The first-order valence-electron chi connectivity index (χ1n) is 6.55. The minimum Gasteiger partial charge on any atom is -0.480 e. The van der Waals surface area contributed by atoms with Crippen molar-refractivity contribution in [2.45, 2.75) is 32.2 Å². The Balaban J connectivity index is 2.11. The molecule has 0 radical (unpaired) electrons. The average Bonchev–Trinajstić information content (AvgIpc) is 2.37. The number of aryl methyl sites for hydroxylation is 1. The number of urea groups is 1. The first-order valence-corrected chi connectivity index (χ1v) is 7.34. The molecule has 2 N–H and O–H groups in total. The summed E-state index contributed by atoms with van der Waals surface area (Å²) in [5.41, 5.74) is 1.68. The molecular weight excluding hydrogens is 324 g/mol. The third-order valence-electron chi connectivity index (χ3n) is 3.34. The number of nitrogens with one attached hydrogen (secondary N) is 1. The lowest BCUT2D eigenvalue weighted by molar-refractivity contribution is -0.143. The molecule has 2 amide bonds. The second-order valence-corrected chi connectivity index (χ2v) is 5.91. The largest absolute Gasteiger partial charge is 0.480 e. The van der Waals surface area contributed by atoms with Crippen molar-refractivity contribution in [3.05, 3.63) is 28.2 Å². The lowest BCUT2D eigenvalue weighted by Gasteiger charge is -2.32. The smallest absolute Gasteiger partial charge is 0.326 e. The highest BCUT2D eigenvalue weighted by atomic mass is 79.9. The fourth-order valence-corrected chi connectivity index (χ4v) is 3.04. The molecule has 1 aliphatic rings. The number of rotatable bonds is 2. The highest BCUT2D eigenvalue weighted by Gasteiger charge is 2.31. The molecule has 0 aromatic heterocycles. The van der Waals surface area contributed by atoms with Crippen LogP contribution in [0.15, 0.2) is 22.7 Å². The van der Waals surface area contributed by atoms with Gasteiger partial charge in [0, 0.05) is 16.7 Å². The summed E-state index contributed by atoms with van der Waals surface area (Å²) in [6.07, 6.45) is 2.20. The third-order valence-corrected chi connectivity index (χ3v) is 3.80. The number of carbonyl (C=O) groups is 2. The van der Waals surface area contributed by atoms with E-state index in [4.69, 9.17) is 0 Å². The molecule has 0 bridgehead atoms. The zero-order valence-electron chi connectivity index (χ0n) is 11.2. The molecule has 0 spiro atoms. The maximum atomic E-state index is 12.2. The van der Waals surface area contributed by atoms with Gasteiger partial charge in [0.25, 0.3) is 0 Å². The maximum absolute atomic E-state index is 12.2. The van der Waals surface area contributed by atoms with Gasteiger partial charge in [-0.1, -0.05) is 15.9 Å². The number of hydrogen-bond donors (Lipinski definition) is 2. The molecule has 20 heavy (non-hydrogen) atoms. The Kier molecular flexibility index (Phi) is 4.65. The lowest BCUT2D eigenvalue weighted by Crippen LogP contribution is -2.49. The van der Waals surface area contributed by atoms with Crippen molar-refractivity contribution >= 4 is 33.6 Å². The standard InChI is InChI=1S/C14H17BrN2O3/c1-9-6-10(15)8-11(7-9)16-14(20)17-5-3-2-4-12(17)13(18)19/h6-8,12H,2-5H2,1H3,(H,16,20)(H,18,19). The summed E-state index contributed by atoms with van der Waals surface area (Å²) in [6, 6.07) is 4.51. The molecule has 1 fully saturated rings. The molecule has 1 aromatic rings. The normalized spacial score (nSPS) is 18.7. The van der Waals surface area contributed by atoms with Crippen LogP contribution in [0.25, 0.3) is 0 Å². The number of anilines is 1. The highest BCUT2D eigenvalue weighted by molar-refractivity contribution is 9.10. The second kappa shape index (κ2) is 6.26. The van der Waals surface area contributed by atoms with Gasteiger partial charge in [0.2, 0.25) is 0 Å². The molecule has 0 saturated carbocycles. The van der Waals surface area contributed by atoms with Crippen molar-refractivity contribution in [3.8, 4) is 0 Å². The Bertz CT molecular complexity index is 513. The Morgan fingerprint density at radius 2 is 2.10 bits per heavy atom. The van der Waals surface area contributed by atoms with Gasteiger partial charge in [-0.3, -0.25) is 0 Å². The summed E-state index contributed by atoms with van der Waals surface area (Å²) in [5.74, 6) is -0.940. The summed E-state index contributed by atoms with van der Waals surface area (Å²) in [7, 11) is 0. The van der Waals surface area contributed by atoms with Crippen molar-refractivity contribution in [2.75, 3.05) is 11.9 Å². The van der Waals surface area contributed by atoms with Gasteiger partial charge in [-0.2, -0.15) is 0 Å². The number of hydrogen-bond acceptors (Lipinski definition) is 2. The predicted octanol–water partition coefficient (Wildman–Crippen LogP) is 3.23. The zero-order chi connectivity index (χ0) is 14.7. The number of benzene rings is 1. The fraction of sp³-hybridized carbons (Fsp3) is 0.429. The van der Waals surface area contributed by atoms with E-state index in [-0.39, 0.29) is 6.03 Å². The second-order valence-electron chi connectivity index (χ2n) is 4.99. The summed E-state index contributed by atoms with van der Waals surface area (Å²) in [5, 5.41) is 12.0. The van der Waals surface area contributed by atoms with Gasteiger partial charge in [0.1, 0.15) is 6.04 Å². The molecule has 1 aliphatic heterocycles. The topological polar surface area (TPSA) is 69.6 Å². The number of carbonyl (C=O) groups excluding carboxylic acids is 1. The molecule has 1 heterocycles. The Morgan fingerprint density at radius 3 is 2.75 bits per heavy atom. The van der Waals surface area contributed by atoms with Crippen LogP contribution >= 0.6 is 15.9 Å². The Morgan fingerprint density at radius 1 is 1.35 bits per heavy atom. The highest BCUT2D eigenvalue weighted by Crippen LogP contribution is 2.22. The number of amides is 2. The molecule has 1 saturated heterocycles. The number of carboxylic acids is 1. The molecule has 1 unspecified atom stereocenters. The van der Waals surface area contributed by atoms with E-state index in [2.05, 4.69) is 21.2 Å². The number of nitrogens with zero attached hydrogens (tertiary/aromatic N) is 1. The first-order chi connectivity index (χ1) is 9.47. The van der Waals surface area contributed by atoms with E-state index in [1.165, 1.54) is 4.90 Å². The van der Waals surface area contributed by atoms with Crippen LogP contribution in [0.5, 0.6) is 0 Å². The van der Waals surface area contributed by atoms with Crippen molar-refractivity contribution < 1.29 is 14.7 Å². The van der Waals surface area contributed by atoms with Crippen LogP contribution in [0.2, 0.25) is 0 Å². The van der Waals surface area contributed by atoms with E-state index in [9.17, 15) is 14.7 Å². The molecule has 108 valence electrons. The summed E-state index contributed by atoms with van der Waals surface area (Å²) < 4.78 is 0.876. The van der Waals surface area contributed by atoms with Gasteiger partial charge in [-0.25, -0.2) is 9.59 Å². The quantitative estimate of drug-likeness (QED) is 0.868. The lowest BCUT2D eigenvalue weighted by atomic mass is 10.0. The van der Waals surface area contributed by atoms with E-state index < -0.39 is 12.0 Å². The van der Waals surface area contributed by atoms with Crippen molar-refractivity contribution in [1.29, 1.82) is 0 Å². The number of aliphatic carboxylic acids is 1. The molecular formula is C14H17BrN2O3. The number of carboxylic acid groups (broad SMARTS) is 1. The van der Waals surface area contributed by atoms with E-state index >= 15 is 0 Å². The zero-order valence-corrected chi connectivity index (χ0v) is 12.8. The molecule has 6 heteroatoms. The average molecular weight is 341 g/mol. The summed E-state index contributed by atoms with van der Waals surface area (Å²) >= 11 is 3.37. The van der Waals surface area contributed by atoms with Crippen LogP contribution in [0.1, 0.15) is 24.8 Å². The van der Waals surface area contributed by atoms with Crippen LogP contribution in [0.3, 0.4) is 0 Å². The fourth-order valence-electron chi connectivity index (χ4n) is 2.44. The molecule has 0 aliphatic carbocycles. The maximum Gasteiger partial charge on any atom is 0.326 e. The molecule has 5 nitrogen and oxygen atoms in total. The molecule has 2 rings (SSSR count). The molecule has 1 aromatic carbocycles. The van der Waals surface area contributed by atoms with Gasteiger partial charge in [0.05, 0.1) is 0 Å². The van der Waals surface area contributed by atoms with Gasteiger partial charge >= 0.3 is 12.0 Å². The Labute approximate surface area is 126 Å². The van der Waals surface area contributed by atoms with Crippen LogP contribution in [0.4, 0.5) is 10.5 Å². The monoisotopic (exact) mass is 340 g/mol. The van der Waals surface area contributed by atoms with Crippen molar-refractivity contribution in [2.24, 2.45) is 0 Å². The number of likely N-dealkylation sites (tertiary alicyclic amines) is 1. The molecule has 1 atom stereocenters. The van der Waals surface area contributed by atoms with E-state index in [0.29, 0.717) is 18.7 Å². The summed E-state index contributed by atoms with van der Waals surface area (Å²) in [4.78, 5) is 24.8. The van der Waals surface area contributed by atoms with E-state index in [1.807, 2.05) is 19.1 Å². The van der Waals surface area contributed by atoms with Crippen LogP contribution in [-0.4, -0.2) is 34.6 Å². The SMILES string of the molecule is Cc1cc(Br)cc(NC(=O)N2CCCCC2C(=O)O)c1. The van der Waals surface area contributed by atoms with Crippen LogP contribution in [0, 0.1) is 6.92 Å². The van der Waals surface area contributed by atoms with Crippen molar-refractivity contribution in [1.82, 2.24) is 4.90 Å². The van der Waals surface area contributed by atoms with Crippen LogP contribution < -0.4 is 5.32 Å². The number of halogens is 1. The van der Waals surface area contributed by atoms with Crippen molar-refractivity contribution in [3.63, 3.8) is 0 Å². The first kappa shape index (κ1) is 14.8. The number of piperidine rings is 1. The van der Waals surface area contributed by atoms with Gasteiger partial charge < -0.3 is 15.3 Å². The predicted molar refractivity (Wildman–Crippen MR) is 79.9 cm³/mol. The van der Waals surface area contributed by atoms with Gasteiger partial charge in [-0.05, 0) is 49.9 Å². The minimum atomic E-state index is -0.940.